The molecule has 0 spiro atoms. The van der Waals surface area contributed by atoms with Gasteiger partial charge >= 0.3 is 0 Å². The van der Waals surface area contributed by atoms with Gasteiger partial charge in [-0.15, -0.1) is 0 Å². The first-order chi connectivity index (χ1) is 9.08. The number of hydrogen-bond donors (Lipinski definition) is 1. The molecule has 0 unspecified atom stereocenters. The van der Waals surface area contributed by atoms with Crippen LogP contribution in [0, 0.1) is 3.57 Å². The van der Waals surface area contributed by atoms with Crippen LogP contribution in [-0.2, 0) is 4.79 Å². The van der Waals surface area contributed by atoms with Crippen LogP contribution in [0.4, 0.5) is 0 Å². The quantitative estimate of drug-likeness (QED) is 0.360. The summed E-state index contributed by atoms with van der Waals surface area (Å²) in [5, 5.41) is 3.81. The molecule has 0 aliphatic carbocycles. The minimum atomic E-state index is -0.219. The van der Waals surface area contributed by atoms with Gasteiger partial charge in [0, 0.05) is 6.92 Å². The predicted molar refractivity (Wildman–Crippen MR) is 82.8 cm³/mol. The average Bonchev–Trinajstić information content (AvgIpc) is 2.36. The molecule has 1 N–H and O–H groups in total. The highest BCUT2D eigenvalue weighted by atomic mass is 127. The van der Waals surface area contributed by atoms with Gasteiger partial charge in [0.05, 0.1) is 16.9 Å². The summed E-state index contributed by atoms with van der Waals surface area (Å²) in [4.78, 5) is 10.7. The number of carbonyl (C=O) groups excluding carboxylic acids is 1. The van der Waals surface area contributed by atoms with Gasteiger partial charge in [0.1, 0.15) is 6.61 Å². The van der Waals surface area contributed by atoms with Gasteiger partial charge in [-0.25, -0.2) is 5.43 Å². The monoisotopic (exact) mass is 374 g/mol. The molecule has 0 bridgehead atoms. The number of rotatable bonds is 6. The van der Waals surface area contributed by atoms with E-state index in [4.69, 9.17) is 9.47 Å². The van der Waals surface area contributed by atoms with Gasteiger partial charge in [0.2, 0.25) is 5.91 Å². The summed E-state index contributed by atoms with van der Waals surface area (Å²) in [5.41, 5.74) is 3.15. The van der Waals surface area contributed by atoms with Crippen LogP contribution in [0.1, 0.15) is 12.5 Å². The van der Waals surface area contributed by atoms with Crippen molar-refractivity contribution in [2.75, 3.05) is 13.7 Å². The van der Waals surface area contributed by atoms with Crippen LogP contribution < -0.4 is 14.9 Å². The maximum atomic E-state index is 10.7. The minimum absolute atomic E-state index is 0.219. The molecule has 1 amide bonds. The van der Waals surface area contributed by atoms with Crippen LogP contribution in [0.2, 0.25) is 0 Å². The van der Waals surface area contributed by atoms with Crippen molar-refractivity contribution in [3.05, 3.63) is 33.9 Å². The zero-order chi connectivity index (χ0) is 14.3. The van der Waals surface area contributed by atoms with Gasteiger partial charge in [-0.05, 0) is 40.3 Å². The molecule has 0 aliphatic heterocycles. The van der Waals surface area contributed by atoms with Crippen molar-refractivity contribution in [2.24, 2.45) is 5.10 Å². The van der Waals surface area contributed by atoms with E-state index in [9.17, 15) is 4.79 Å². The number of methoxy groups -OCH3 is 1. The molecule has 0 aliphatic rings. The Morgan fingerprint density at radius 2 is 2.32 bits per heavy atom. The number of amides is 1. The zero-order valence-electron chi connectivity index (χ0n) is 10.8. The lowest BCUT2D eigenvalue weighted by Crippen LogP contribution is -2.12. The van der Waals surface area contributed by atoms with Crippen LogP contribution in [0.5, 0.6) is 11.5 Å². The standard InChI is InChI=1S/C13H15IN2O3/c1-4-5-19-13-11(14)6-10(7-12(13)18-3)8-15-16-9(2)17/h4,6-8H,1,5H2,2-3H3,(H,16,17)/b15-8+. The Morgan fingerprint density at radius 3 is 2.89 bits per heavy atom. The fourth-order valence-electron chi connectivity index (χ4n) is 1.29. The highest BCUT2D eigenvalue weighted by molar-refractivity contribution is 14.1. The highest BCUT2D eigenvalue weighted by Gasteiger charge is 2.10. The number of halogens is 1. The number of hydrogen-bond acceptors (Lipinski definition) is 4. The first kappa shape index (κ1) is 15.5. The number of ether oxygens (including phenoxy) is 2. The van der Waals surface area contributed by atoms with Crippen LogP contribution in [0.25, 0.3) is 0 Å². The van der Waals surface area contributed by atoms with Crippen molar-refractivity contribution in [2.45, 2.75) is 6.92 Å². The lowest BCUT2D eigenvalue weighted by molar-refractivity contribution is -0.118. The summed E-state index contributed by atoms with van der Waals surface area (Å²) in [6.45, 7) is 5.41. The van der Waals surface area contributed by atoms with E-state index >= 15 is 0 Å². The van der Waals surface area contributed by atoms with Crippen molar-refractivity contribution in [3.63, 3.8) is 0 Å². The smallest absolute Gasteiger partial charge is 0.236 e. The summed E-state index contributed by atoms with van der Waals surface area (Å²) < 4.78 is 11.7. The molecule has 1 aromatic carbocycles. The van der Waals surface area contributed by atoms with Gasteiger partial charge in [-0.3, -0.25) is 4.79 Å². The van der Waals surface area contributed by atoms with E-state index in [0.29, 0.717) is 18.1 Å². The predicted octanol–water partition coefficient (Wildman–Crippen LogP) is 2.33. The third kappa shape index (κ3) is 4.90. The summed E-state index contributed by atoms with van der Waals surface area (Å²) >= 11 is 2.15. The third-order valence-corrected chi connectivity index (χ3v) is 2.83. The first-order valence-electron chi connectivity index (χ1n) is 5.49. The molecule has 0 saturated carbocycles. The van der Waals surface area contributed by atoms with Crippen molar-refractivity contribution in [3.8, 4) is 11.5 Å². The Kier molecular flexibility index (Phi) is 6.34. The minimum Gasteiger partial charge on any atom is -0.493 e. The average molecular weight is 374 g/mol. The topological polar surface area (TPSA) is 59.9 Å². The van der Waals surface area contributed by atoms with Crippen LogP contribution in [0.3, 0.4) is 0 Å². The van der Waals surface area contributed by atoms with E-state index in [0.717, 1.165) is 9.13 Å². The van der Waals surface area contributed by atoms with E-state index in [1.165, 1.54) is 6.92 Å². The van der Waals surface area contributed by atoms with Crippen molar-refractivity contribution >= 4 is 34.7 Å². The van der Waals surface area contributed by atoms with Crippen LogP contribution in [-0.4, -0.2) is 25.8 Å². The molecule has 5 nitrogen and oxygen atoms in total. The Bertz CT molecular complexity index is 501. The van der Waals surface area contributed by atoms with E-state index < -0.39 is 0 Å². The number of carbonyl (C=O) groups is 1. The fourth-order valence-corrected chi connectivity index (χ4v) is 2.08. The molecule has 102 valence electrons. The number of nitrogens with one attached hydrogen (secondary N) is 1. The van der Waals surface area contributed by atoms with E-state index in [1.807, 2.05) is 6.07 Å². The SMILES string of the molecule is C=CCOc1c(I)cc(/C=N/NC(C)=O)cc1OC. The van der Waals surface area contributed by atoms with Crippen LogP contribution in [0.15, 0.2) is 29.9 Å². The lowest BCUT2D eigenvalue weighted by atomic mass is 10.2. The second-order valence-corrected chi connectivity index (χ2v) is 4.72. The number of benzene rings is 1. The van der Waals surface area contributed by atoms with Gasteiger partial charge < -0.3 is 9.47 Å². The van der Waals surface area contributed by atoms with Crippen LogP contribution >= 0.6 is 22.6 Å². The third-order valence-electron chi connectivity index (χ3n) is 2.03. The van der Waals surface area contributed by atoms with Gasteiger partial charge in [0.15, 0.2) is 11.5 Å². The van der Waals surface area contributed by atoms with Crippen molar-refractivity contribution < 1.29 is 14.3 Å². The molecule has 0 saturated heterocycles. The summed E-state index contributed by atoms with van der Waals surface area (Å²) in [6, 6.07) is 3.67. The largest absolute Gasteiger partial charge is 0.493 e. The Morgan fingerprint density at radius 1 is 1.58 bits per heavy atom. The molecule has 6 heteroatoms. The molecule has 0 atom stereocenters. The second-order valence-electron chi connectivity index (χ2n) is 3.56. The van der Waals surface area contributed by atoms with E-state index in [1.54, 1.807) is 25.5 Å². The molecule has 1 rings (SSSR count). The molecule has 0 aromatic heterocycles. The Labute approximate surface area is 125 Å². The van der Waals surface area contributed by atoms with Gasteiger partial charge in [-0.2, -0.15) is 5.10 Å². The maximum absolute atomic E-state index is 10.7. The second kappa shape index (κ2) is 7.78. The summed E-state index contributed by atoms with van der Waals surface area (Å²) in [6.07, 6.45) is 3.21. The Hall–Kier alpha value is -1.57. The Balaban J connectivity index is 2.98. The van der Waals surface area contributed by atoms with Crippen molar-refractivity contribution in [1.29, 1.82) is 0 Å². The molecule has 19 heavy (non-hydrogen) atoms. The van der Waals surface area contributed by atoms with Gasteiger partial charge in [-0.1, -0.05) is 12.7 Å². The van der Waals surface area contributed by atoms with Crippen molar-refractivity contribution in [1.82, 2.24) is 5.43 Å². The van der Waals surface area contributed by atoms with E-state index in [2.05, 4.69) is 39.7 Å². The van der Waals surface area contributed by atoms with E-state index in [-0.39, 0.29) is 5.91 Å². The molecule has 0 heterocycles. The summed E-state index contributed by atoms with van der Waals surface area (Å²) in [5.74, 6) is 1.06. The fraction of sp³-hybridized carbons (Fsp3) is 0.231. The maximum Gasteiger partial charge on any atom is 0.236 e. The highest BCUT2D eigenvalue weighted by Crippen LogP contribution is 2.33. The molecule has 0 radical (unpaired) electrons. The number of hydrazone groups is 1. The summed E-state index contributed by atoms with van der Waals surface area (Å²) in [7, 11) is 1.57. The molecular weight excluding hydrogens is 359 g/mol. The zero-order valence-corrected chi connectivity index (χ0v) is 12.9. The van der Waals surface area contributed by atoms with Gasteiger partial charge in [0.25, 0.3) is 0 Å². The first-order valence-corrected chi connectivity index (χ1v) is 6.57. The normalized spacial score (nSPS) is 10.3. The molecule has 1 aromatic rings. The molecule has 0 fully saturated rings. The molecular formula is C13H15IN2O3. The lowest BCUT2D eigenvalue weighted by Gasteiger charge is -2.12. The number of nitrogens with zero attached hydrogens (tertiary/aromatic N) is 1.